The highest BCUT2D eigenvalue weighted by molar-refractivity contribution is 6.01. The Bertz CT molecular complexity index is 889. The molecule has 0 unspecified atom stereocenters. The number of carbonyl (C=O) groups excluding carboxylic acids is 1. The minimum absolute atomic E-state index is 0.172. The summed E-state index contributed by atoms with van der Waals surface area (Å²) in [5.41, 5.74) is 1.47. The molecule has 0 saturated heterocycles. The lowest BCUT2D eigenvalue weighted by Gasteiger charge is -2.13. The standard InChI is InChI=1S/C21H21NO3/c1-3-25-19-11-7-6-10-17(19)14-22-21(23)18-12-15-8-4-5-9-16(15)13-20(18)24-2/h4-13H,3,14H2,1-2H3,(H,22,23). The lowest BCUT2D eigenvalue weighted by molar-refractivity contribution is 0.0948. The number of ether oxygens (including phenoxy) is 2. The zero-order valence-corrected chi connectivity index (χ0v) is 14.4. The van der Waals surface area contributed by atoms with Crippen LogP contribution < -0.4 is 14.8 Å². The molecule has 0 aliphatic carbocycles. The first-order chi connectivity index (χ1) is 12.2. The van der Waals surface area contributed by atoms with Gasteiger partial charge in [0.1, 0.15) is 11.5 Å². The maximum absolute atomic E-state index is 12.7. The molecular formula is C21H21NO3. The minimum Gasteiger partial charge on any atom is -0.496 e. The van der Waals surface area contributed by atoms with Crippen LogP contribution in [0.25, 0.3) is 10.8 Å². The van der Waals surface area contributed by atoms with Gasteiger partial charge in [0.25, 0.3) is 5.91 Å². The number of benzene rings is 3. The average Bonchev–Trinajstić information content (AvgIpc) is 2.66. The quantitative estimate of drug-likeness (QED) is 0.735. The Morgan fingerprint density at radius 2 is 1.64 bits per heavy atom. The molecule has 25 heavy (non-hydrogen) atoms. The largest absolute Gasteiger partial charge is 0.496 e. The summed E-state index contributed by atoms with van der Waals surface area (Å²) in [6.07, 6.45) is 0. The van der Waals surface area contributed by atoms with Gasteiger partial charge >= 0.3 is 0 Å². The summed E-state index contributed by atoms with van der Waals surface area (Å²) in [6.45, 7) is 2.92. The molecule has 4 nitrogen and oxygen atoms in total. The fourth-order valence-electron chi connectivity index (χ4n) is 2.78. The van der Waals surface area contributed by atoms with Crippen LogP contribution in [0, 0.1) is 0 Å². The van der Waals surface area contributed by atoms with E-state index in [4.69, 9.17) is 9.47 Å². The van der Waals surface area contributed by atoms with Crippen molar-refractivity contribution < 1.29 is 14.3 Å². The van der Waals surface area contributed by atoms with E-state index in [0.29, 0.717) is 24.5 Å². The monoisotopic (exact) mass is 335 g/mol. The summed E-state index contributed by atoms with van der Waals surface area (Å²) < 4.78 is 11.0. The number of fused-ring (bicyclic) bond motifs is 1. The van der Waals surface area contributed by atoms with E-state index in [1.807, 2.05) is 67.6 Å². The summed E-state index contributed by atoms with van der Waals surface area (Å²) in [7, 11) is 1.57. The zero-order chi connectivity index (χ0) is 17.6. The molecular weight excluding hydrogens is 314 g/mol. The topological polar surface area (TPSA) is 47.6 Å². The minimum atomic E-state index is -0.172. The van der Waals surface area contributed by atoms with Gasteiger partial charge in [-0.2, -0.15) is 0 Å². The van der Waals surface area contributed by atoms with Gasteiger partial charge < -0.3 is 14.8 Å². The number of nitrogens with one attached hydrogen (secondary N) is 1. The third-order valence-electron chi connectivity index (χ3n) is 4.02. The molecule has 3 rings (SSSR count). The lowest BCUT2D eigenvalue weighted by atomic mass is 10.1. The van der Waals surface area contributed by atoms with Crippen molar-refractivity contribution in [2.45, 2.75) is 13.5 Å². The molecule has 0 aliphatic rings. The lowest BCUT2D eigenvalue weighted by Crippen LogP contribution is -2.23. The Morgan fingerprint density at radius 3 is 2.36 bits per heavy atom. The maximum Gasteiger partial charge on any atom is 0.255 e. The van der Waals surface area contributed by atoms with Crippen LogP contribution in [0.1, 0.15) is 22.8 Å². The molecule has 0 saturated carbocycles. The van der Waals surface area contributed by atoms with Crippen molar-refractivity contribution in [2.75, 3.05) is 13.7 Å². The number of carbonyl (C=O) groups is 1. The highest BCUT2D eigenvalue weighted by Crippen LogP contribution is 2.26. The van der Waals surface area contributed by atoms with Crippen LogP contribution in [-0.4, -0.2) is 19.6 Å². The predicted octanol–water partition coefficient (Wildman–Crippen LogP) is 4.18. The molecule has 0 bridgehead atoms. The predicted molar refractivity (Wildman–Crippen MR) is 99.3 cm³/mol. The molecule has 3 aromatic carbocycles. The average molecular weight is 335 g/mol. The molecule has 4 heteroatoms. The Morgan fingerprint density at radius 1 is 0.960 bits per heavy atom. The van der Waals surface area contributed by atoms with Gasteiger partial charge in [0.2, 0.25) is 0 Å². The fraction of sp³-hybridized carbons (Fsp3) is 0.190. The van der Waals surface area contributed by atoms with Crippen LogP contribution >= 0.6 is 0 Å². The van der Waals surface area contributed by atoms with Crippen LogP contribution in [0.2, 0.25) is 0 Å². The van der Waals surface area contributed by atoms with Gasteiger partial charge in [-0.15, -0.1) is 0 Å². The van der Waals surface area contributed by atoms with E-state index in [0.717, 1.165) is 22.1 Å². The Balaban J connectivity index is 1.83. The summed E-state index contributed by atoms with van der Waals surface area (Å²) in [5.74, 6) is 1.18. The van der Waals surface area contributed by atoms with Gasteiger partial charge in [0.15, 0.2) is 0 Å². The van der Waals surface area contributed by atoms with E-state index in [-0.39, 0.29) is 5.91 Å². The van der Waals surface area contributed by atoms with E-state index in [9.17, 15) is 4.79 Å². The number of amides is 1. The number of rotatable bonds is 6. The Kier molecular flexibility index (Phi) is 5.19. The molecule has 0 fully saturated rings. The number of hydrogen-bond acceptors (Lipinski definition) is 3. The SMILES string of the molecule is CCOc1ccccc1CNC(=O)c1cc2ccccc2cc1OC. The second kappa shape index (κ2) is 7.71. The van der Waals surface area contributed by atoms with Gasteiger partial charge in [0, 0.05) is 12.1 Å². The van der Waals surface area contributed by atoms with Crippen LogP contribution in [0.3, 0.4) is 0 Å². The molecule has 1 amide bonds. The van der Waals surface area contributed by atoms with E-state index < -0.39 is 0 Å². The molecule has 0 heterocycles. The van der Waals surface area contributed by atoms with Crippen molar-refractivity contribution >= 4 is 16.7 Å². The maximum atomic E-state index is 12.7. The Hall–Kier alpha value is -3.01. The van der Waals surface area contributed by atoms with Crippen LogP contribution in [-0.2, 0) is 6.54 Å². The normalized spacial score (nSPS) is 10.5. The van der Waals surface area contributed by atoms with E-state index in [1.165, 1.54) is 0 Å². The number of hydrogen-bond donors (Lipinski definition) is 1. The number of para-hydroxylation sites is 1. The first kappa shape index (κ1) is 16.8. The van der Waals surface area contributed by atoms with E-state index in [2.05, 4.69) is 5.32 Å². The van der Waals surface area contributed by atoms with Crippen molar-refractivity contribution in [3.63, 3.8) is 0 Å². The fourth-order valence-corrected chi connectivity index (χ4v) is 2.78. The molecule has 128 valence electrons. The van der Waals surface area contributed by atoms with Gasteiger partial charge in [-0.1, -0.05) is 42.5 Å². The zero-order valence-electron chi connectivity index (χ0n) is 14.4. The first-order valence-corrected chi connectivity index (χ1v) is 8.28. The summed E-state index contributed by atoms with van der Waals surface area (Å²) in [4.78, 5) is 12.7. The van der Waals surface area contributed by atoms with Gasteiger partial charge in [-0.25, -0.2) is 0 Å². The van der Waals surface area contributed by atoms with Crippen molar-refractivity contribution in [2.24, 2.45) is 0 Å². The highest BCUT2D eigenvalue weighted by atomic mass is 16.5. The van der Waals surface area contributed by atoms with Crippen molar-refractivity contribution in [3.8, 4) is 11.5 Å². The smallest absolute Gasteiger partial charge is 0.255 e. The van der Waals surface area contributed by atoms with Gasteiger partial charge in [0.05, 0.1) is 19.3 Å². The van der Waals surface area contributed by atoms with Crippen LogP contribution in [0.5, 0.6) is 11.5 Å². The first-order valence-electron chi connectivity index (χ1n) is 8.28. The summed E-state index contributed by atoms with van der Waals surface area (Å²) in [6, 6.07) is 19.3. The second-order valence-corrected chi connectivity index (χ2v) is 5.62. The highest BCUT2D eigenvalue weighted by Gasteiger charge is 2.14. The molecule has 0 spiro atoms. The number of methoxy groups -OCH3 is 1. The molecule has 1 N–H and O–H groups in total. The summed E-state index contributed by atoms with van der Waals surface area (Å²) >= 11 is 0. The second-order valence-electron chi connectivity index (χ2n) is 5.62. The molecule has 0 aliphatic heterocycles. The van der Waals surface area contributed by atoms with Crippen LogP contribution in [0.4, 0.5) is 0 Å². The van der Waals surface area contributed by atoms with Gasteiger partial charge in [-0.05, 0) is 35.9 Å². The van der Waals surface area contributed by atoms with Crippen molar-refractivity contribution in [1.82, 2.24) is 5.32 Å². The molecule has 3 aromatic rings. The molecule has 0 aromatic heterocycles. The van der Waals surface area contributed by atoms with Crippen LogP contribution in [0.15, 0.2) is 60.7 Å². The van der Waals surface area contributed by atoms with E-state index >= 15 is 0 Å². The van der Waals surface area contributed by atoms with E-state index in [1.54, 1.807) is 7.11 Å². The summed E-state index contributed by atoms with van der Waals surface area (Å²) in [5, 5.41) is 5.00. The van der Waals surface area contributed by atoms with Crippen molar-refractivity contribution in [3.05, 3.63) is 71.8 Å². The van der Waals surface area contributed by atoms with Crippen molar-refractivity contribution in [1.29, 1.82) is 0 Å². The third kappa shape index (κ3) is 3.74. The van der Waals surface area contributed by atoms with Gasteiger partial charge in [-0.3, -0.25) is 4.79 Å². The Labute approximate surface area is 147 Å². The molecule has 0 radical (unpaired) electrons. The third-order valence-corrected chi connectivity index (χ3v) is 4.02. The molecule has 0 atom stereocenters.